The van der Waals surface area contributed by atoms with Gasteiger partial charge in [-0.05, 0) is 25.2 Å². The first-order valence-corrected chi connectivity index (χ1v) is 6.53. The minimum absolute atomic E-state index is 0.245. The Hall–Kier alpha value is -0.0800. The average molecular weight is 216 g/mol. The summed E-state index contributed by atoms with van der Waals surface area (Å²) in [6.45, 7) is 6.33. The molecule has 0 heterocycles. The molecule has 0 rings (SSSR count). The standard InChI is InChI=1S/C13H28O2/c1-3-5-8-13(9-6-4-2)12-15-11-7-10-14/h13-14H,3-12H2,1-2H3. The normalized spacial score (nSPS) is 11.2. The number of hydrogen-bond acceptors (Lipinski definition) is 2. The summed E-state index contributed by atoms with van der Waals surface area (Å²) >= 11 is 0. The van der Waals surface area contributed by atoms with Crippen LogP contribution in [0.2, 0.25) is 0 Å². The molecule has 0 atom stereocenters. The molecule has 0 unspecified atom stereocenters. The van der Waals surface area contributed by atoms with Crippen LogP contribution in [0.25, 0.3) is 0 Å². The zero-order valence-corrected chi connectivity index (χ0v) is 10.5. The summed E-state index contributed by atoms with van der Waals surface area (Å²) < 4.78 is 5.57. The third kappa shape index (κ3) is 10.2. The van der Waals surface area contributed by atoms with Crippen LogP contribution in [0.15, 0.2) is 0 Å². The Morgan fingerprint density at radius 2 is 1.60 bits per heavy atom. The summed E-state index contributed by atoms with van der Waals surface area (Å²) in [5, 5.41) is 8.63. The molecule has 0 aromatic carbocycles. The van der Waals surface area contributed by atoms with Gasteiger partial charge < -0.3 is 9.84 Å². The van der Waals surface area contributed by atoms with Gasteiger partial charge in [-0.25, -0.2) is 0 Å². The van der Waals surface area contributed by atoms with Crippen molar-refractivity contribution in [2.45, 2.75) is 58.8 Å². The summed E-state index contributed by atoms with van der Waals surface area (Å²) in [7, 11) is 0. The van der Waals surface area contributed by atoms with Crippen molar-refractivity contribution in [3.05, 3.63) is 0 Å². The minimum Gasteiger partial charge on any atom is -0.396 e. The molecule has 0 aliphatic rings. The highest BCUT2D eigenvalue weighted by Crippen LogP contribution is 2.16. The van der Waals surface area contributed by atoms with Gasteiger partial charge in [-0.1, -0.05) is 39.5 Å². The second-order valence-electron chi connectivity index (χ2n) is 4.30. The van der Waals surface area contributed by atoms with E-state index in [-0.39, 0.29) is 6.61 Å². The van der Waals surface area contributed by atoms with Crippen LogP contribution in [0.1, 0.15) is 58.8 Å². The van der Waals surface area contributed by atoms with Gasteiger partial charge in [0, 0.05) is 19.8 Å². The second-order valence-corrected chi connectivity index (χ2v) is 4.30. The lowest BCUT2D eigenvalue weighted by Crippen LogP contribution is -2.11. The van der Waals surface area contributed by atoms with Crippen LogP contribution < -0.4 is 0 Å². The summed E-state index contributed by atoms with van der Waals surface area (Å²) in [5.74, 6) is 0.739. The fourth-order valence-corrected chi connectivity index (χ4v) is 1.71. The molecular weight excluding hydrogens is 188 g/mol. The van der Waals surface area contributed by atoms with Gasteiger partial charge in [-0.3, -0.25) is 0 Å². The second kappa shape index (κ2) is 12.0. The zero-order chi connectivity index (χ0) is 11.4. The van der Waals surface area contributed by atoms with Crippen molar-refractivity contribution >= 4 is 0 Å². The summed E-state index contributed by atoms with van der Waals surface area (Å²) in [6, 6.07) is 0. The molecule has 0 aromatic rings. The predicted molar refractivity (Wildman–Crippen MR) is 65.1 cm³/mol. The number of ether oxygens (including phenoxy) is 1. The Labute approximate surface area is 95.0 Å². The van der Waals surface area contributed by atoms with E-state index >= 15 is 0 Å². The molecule has 0 fully saturated rings. The van der Waals surface area contributed by atoms with Crippen molar-refractivity contribution in [2.24, 2.45) is 5.92 Å². The van der Waals surface area contributed by atoms with Crippen LogP contribution in [0.4, 0.5) is 0 Å². The molecule has 2 heteroatoms. The number of unbranched alkanes of at least 4 members (excludes halogenated alkanes) is 2. The molecule has 0 saturated carbocycles. The molecule has 0 aromatic heterocycles. The Morgan fingerprint density at radius 3 is 2.07 bits per heavy atom. The highest BCUT2D eigenvalue weighted by molar-refractivity contribution is 4.58. The first-order valence-electron chi connectivity index (χ1n) is 6.53. The molecule has 0 saturated heterocycles. The fraction of sp³-hybridized carbons (Fsp3) is 1.00. The van der Waals surface area contributed by atoms with Gasteiger partial charge in [0.25, 0.3) is 0 Å². The largest absolute Gasteiger partial charge is 0.396 e. The Kier molecular flexibility index (Phi) is 11.9. The van der Waals surface area contributed by atoms with Crippen LogP contribution in [-0.2, 0) is 4.74 Å². The third-order valence-electron chi connectivity index (χ3n) is 2.73. The lowest BCUT2D eigenvalue weighted by atomic mass is 9.97. The molecule has 0 aliphatic heterocycles. The van der Waals surface area contributed by atoms with E-state index in [0.29, 0.717) is 6.61 Å². The molecule has 2 nitrogen and oxygen atoms in total. The lowest BCUT2D eigenvalue weighted by Gasteiger charge is -2.16. The van der Waals surface area contributed by atoms with E-state index in [2.05, 4.69) is 13.8 Å². The van der Waals surface area contributed by atoms with Crippen molar-refractivity contribution in [3.8, 4) is 0 Å². The van der Waals surface area contributed by atoms with E-state index in [1.54, 1.807) is 0 Å². The third-order valence-corrected chi connectivity index (χ3v) is 2.73. The van der Waals surface area contributed by atoms with Crippen LogP contribution in [0.3, 0.4) is 0 Å². The highest BCUT2D eigenvalue weighted by atomic mass is 16.5. The molecule has 1 N–H and O–H groups in total. The zero-order valence-electron chi connectivity index (χ0n) is 10.5. The van der Waals surface area contributed by atoms with E-state index in [4.69, 9.17) is 9.84 Å². The van der Waals surface area contributed by atoms with Gasteiger partial charge >= 0.3 is 0 Å². The first kappa shape index (κ1) is 14.9. The number of aliphatic hydroxyl groups excluding tert-OH is 1. The topological polar surface area (TPSA) is 29.5 Å². The van der Waals surface area contributed by atoms with E-state index in [0.717, 1.165) is 18.9 Å². The number of hydrogen-bond donors (Lipinski definition) is 1. The predicted octanol–water partition coefficient (Wildman–Crippen LogP) is 3.38. The van der Waals surface area contributed by atoms with E-state index in [9.17, 15) is 0 Å². The van der Waals surface area contributed by atoms with Crippen molar-refractivity contribution in [3.63, 3.8) is 0 Å². The minimum atomic E-state index is 0.245. The van der Waals surface area contributed by atoms with Crippen molar-refractivity contribution in [2.75, 3.05) is 19.8 Å². The lowest BCUT2D eigenvalue weighted by molar-refractivity contribution is 0.0798. The quantitative estimate of drug-likeness (QED) is 0.536. The maximum Gasteiger partial charge on any atom is 0.0494 e. The average Bonchev–Trinajstić information content (AvgIpc) is 2.27. The van der Waals surface area contributed by atoms with Crippen LogP contribution in [-0.4, -0.2) is 24.9 Å². The SMILES string of the molecule is CCCCC(CCCC)COCCCO. The molecular formula is C13H28O2. The van der Waals surface area contributed by atoms with Crippen LogP contribution >= 0.6 is 0 Å². The van der Waals surface area contributed by atoms with Crippen molar-refractivity contribution in [1.82, 2.24) is 0 Å². The number of rotatable bonds is 11. The van der Waals surface area contributed by atoms with Crippen LogP contribution in [0, 0.1) is 5.92 Å². The maximum absolute atomic E-state index is 8.63. The van der Waals surface area contributed by atoms with Gasteiger partial charge in [-0.15, -0.1) is 0 Å². The molecule has 0 spiro atoms. The van der Waals surface area contributed by atoms with E-state index in [1.165, 1.54) is 38.5 Å². The maximum atomic E-state index is 8.63. The summed E-state index contributed by atoms with van der Waals surface area (Å²) in [5.41, 5.74) is 0. The van der Waals surface area contributed by atoms with Gasteiger partial charge in [0.15, 0.2) is 0 Å². The van der Waals surface area contributed by atoms with E-state index < -0.39 is 0 Å². The Morgan fingerprint density at radius 1 is 1.00 bits per heavy atom. The van der Waals surface area contributed by atoms with Gasteiger partial charge in [0.05, 0.1) is 0 Å². The number of aliphatic hydroxyl groups is 1. The first-order chi connectivity index (χ1) is 7.35. The fourth-order valence-electron chi connectivity index (χ4n) is 1.71. The molecule has 0 amide bonds. The van der Waals surface area contributed by atoms with Crippen molar-refractivity contribution < 1.29 is 9.84 Å². The molecule has 0 bridgehead atoms. The smallest absolute Gasteiger partial charge is 0.0494 e. The molecule has 15 heavy (non-hydrogen) atoms. The van der Waals surface area contributed by atoms with Gasteiger partial charge in [0.2, 0.25) is 0 Å². The molecule has 0 aliphatic carbocycles. The highest BCUT2D eigenvalue weighted by Gasteiger charge is 2.07. The Balaban J connectivity index is 3.49. The molecule has 0 radical (unpaired) electrons. The van der Waals surface area contributed by atoms with E-state index in [1.807, 2.05) is 0 Å². The monoisotopic (exact) mass is 216 g/mol. The molecule has 92 valence electrons. The summed E-state index contributed by atoms with van der Waals surface area (Å²) in [6.07, 6.45) is 8.56. The summed E-state index contributed by atoms with van der Waals surface area (Å²) in [4.78, 5) is 0. The van der Waals surface area contributed by atoms with Crippen LogP contribution in [0.5, 0.6) is 0 Å². The van der Waals surface area contributed by atoms with Crippen molar-refractivity contribution in [1.29, 1.82) is 0 Å². The van der Waals surface area contributed by atoms with Gasteiger partial charge in [-0.2, -0.15) is 0 Å². The van der Waals surface area contributed by atoms with Gasteiger partial charge in [0.1, 0.15) is 0 Å². The Bertz CT molecular complexity index is 107.